The molecule has 0 radical (unpaired) electrons. The van der Waals surface area contributed by atoms with E-state index in [1.165, 1.54) is 0 Å². The zero-order chi connectivity index (χ0) is 13.2. The van der Waals surface area contributed by atoms with E-state index in [0.717, 1.165) is 6.42 Å². The highest BCUT2D eigenvalue weighted by molar-refractivity contribution is 7.86. The van der Waals surface area contributed by atoms with Crippen molar-refractivity contribution in [2.24, 2.45) is 5.92 Å². The van der Waals surface area contributed by atoms with Crippen LogP contribution in [0.4, 0.5) is 0 Å². The van der Waals surface area contributed by atoms with Gasteiger partial charge in [-0.2, -0.15) is 0 Å². The molecule has 2 rings (SSSR count). The van der Waals surface area contributed by atoms with Gasteiger partial charge in [-0.05, 0) is 12.8 Å². The molecule has 0 saturated heterocycles. The van der Waals surface area contributed by atoms with Crippen molar-refractivity contribution in [3.63, 3.8) is 0 Å². The highest BCUT2D eigenvalue weighted by Crippen LogP contribution is 2.31. The molecule has 0 spiro atoms. The highest BCUT2D eigenvalue weighted by Gasteiger charge is 2.35. The molecule has 98 valence electrons. The fourth-order valence-corrected chi connectivity index (χ4v) is 3.68. The van der Waals surface area contributed by atoms with Gasteiger partial charge in [0, 0.05) is 11.5 Å². The van der Waals surface area contributed by atoms with E-state index in [1.807, 2.05) is 0 Å². The van der Waals surface area contributed by atoms with Crippen LogP contribution in [-0.4, -0.2) is 24.0 Å². The molecular formula is C13H15O4S-. The Morgan fingerprint density at radius 2 is 1.72 bits per heavy atom. The molecule has 1 saturated carbocycles. The second-order valence-corrected chi connectivity index (χ2v) is 6.24. The predicted octanol–water partition coefficient (Wildman–Crippen LogP) is 1.97. The first-order valence-electron chi connectivity index (χ1n) is 6.04. The number of benzene rings is 1. The van der Waals surface area contributed by atoms with E-state index in [0.29, 0.717) is 24.8 Å². The van der Waals surface area contributed by atoms with E-state index in [9.17, 15) is 17.8 Å². The Kier molecular flexibility index (Phi) is 3.82. The summed E-state index contributed by atoms with van der Waals surface area (Å²) in [6.45, 7) is 0. The summed E-state index contributed by atoms with van der Waals surface area (Å²) in [4.78, 5) is 12.3. The average Bonchev–Trinajstić information content (AvgIpc) is 2.38. The summed E-state index contributed by atoms with van der Waals surface area (Å²) in [5, 5.41) is -1.06. The van der Waals surface area contributed by atoms with Crippen molar-refractivity contribution < 1.29 is 17.8 Å². The molecular weight excluding hydrogens is 252 g/mol. The van der Waals surface area contributed by atoms with Crippen LogP contribution in [0.2, 0.25) is 0 Å². The lowest BCUT2D eigenvalue weighted by Crippen LogP contribution is -2.37. The van der Waals surface area contributed by atoms with Crippen LogP contribution in [0.1, 0.15) is 36.0 Å². The molecule has 0 aromatic heterocycles. The smallest absolute Gasteiger partial charge is 0.167 e. The summed E-state index contributed by atoms with van der Waals surface area (Å²) in [5.41, 5.74) is 0.484. The van der Waals surface area contributed by atoms with Gasteiger partial charge >= 0.3 is 0 Å². The van der Waals surface area contributed by atoms with Gasteiger partial charge in [-0.25, -0.2) is 8.42 Å². The third-order valence-corrected chi connectivity index (χ3v) is 4.77. The van der Waals surface area contributed by atoms with Crippen LogP contribution in [0, 0.1) is 5.92 Å². The van der Waals surface area contributed by atoms with Gasteiger partial charge in [0.1, 0.15) is 0 Å². The molecule has 1 aliphatic carbocycles. The fourth-order valence-electron chi connectivity index (χ4n) is 2.56. The van der Waals surface area contributed by atoms with Crippen molar-refractivity contribution in [3.8, 4) is 0 Å². The van der Waals surface area contributed by atoms with Crippen LogP contribution in [0.3, 0.4) is 0 Å². The lowest BCUT2D eigenvalue weighted by Gasteiger charge is -2.32. The number of Topliss-reactive ketones (excluding diaryl/α,β-unsaturated/α-hetero) is 1. The quantitative estimate of drug-likeness (QED) is 0.620. The topological polar surface area (TPSA) is 74.3 Å². The molecule has 1 aromatic rings. The summed E-state index contributed by atoms with van der Waals surface area (Å²) in [6.07, 6.45) is 2.29. The molecule has 5 heteroatoms. The number of carbonyl (C=O) groups excluding carboxylic acids is 1. The molecule has 0 heterocycles. The summed E-state index contributed by atoms with van der Waals surface area (Å²) in [5.74, 6) is -0.900. The minimum Gasteiger partial charge on any atom is -0.748 e. The third kappa shape index (κ3) is 2.79. The van der Waals surface area contributed by atoms with Crippen molar-refractivity contribution >= 4 is 15.9 Å². The summed E-state index contributed by atoms with van der Waals surface area (Å²) < 4.78 is 33.7. The second kappa shape index (κ2) is 5.20. The summed E-state index contributed by atoms with van der Waals surface area (Å²) in [6, 6.07) is 8.57. The largest absolute Gasteiger partial charge is 0.748 e. The molecule has 0 bridgehead atoms. The van der Waals surface area contributed by atoms with Gasteiger partial charge in [-0.15, -0.1) is 0 Å². The highest BCUT2D eigenvalue weighted by atomic mass is 32.2. The Bertz CT molecular complexity index is 521. The first-order valence-corrected chi connectivity index (χ1v) is 7.51. The number of ketones is 1. The summed E-state index contributed by atoms with van der Waals surface area (Å²) in [7, 11) is -4.40. The zero-order valence-corrected chi connectivity index (χ0v) is 10.7. The Morgan fingerprint density at radius 1 is 1.11 bits per heavy atom. The maximum Gasteiger partial charge on any atom is 0.167 e. The predicted molar refractivity (Wildman–Crippen MR) is 66.2 cm³/mol. The van der Waals surface area contributed by atoms with Crippen LogP contribution in [0.5, 0.6) is 0 Å². The van der Waals surface area contributed by atoms with E-state index >= 15 is 0 Å². The van der Waals surface area contributed by atoms with Crippen LogP contribution in [-0.2, 0) is 10.1 Å². The Labute approximate surface area is 107 Å². The van der Waals surface area contributed by atoms with E-state index in [-0.39, 0.29) is 5.78 Å². The monoisotopic (exact) mass is 267 g/mol. The van der Waals surface area contributed by atoms with E-state index in [1.54, 1.807) is 30.3 Å². The Hall–Kier alpha value is -1.20. The van der Waals surface area contributed by atoms with Crippen molar-refractivity contribution in [2.45, 2.75) is 30.9 Å². The van der Waals surface area contributed by atoms with E-state index in [4.69, 9.17) is 0 Å². The molecule has 18 heavy (non-hydrogen) atoms. The van der Waals surface area contributed by atoms with Crippen molar-refractivity contribution in [1.29, 1.82) is 0 Å². The van der Waals surface area contributed by atoms with Crippen molar-refractivity contribution in [2.75, 3.05) is 0 Å². The standard InChI is InChI=1S/C13H16O4S/c14-13(10-6-2-1-3-7-10)11-8-4-5-9-12(11)18(15,16)17/h1-3,6-7,11-12H,4-5,8-9H2,(H,15,16,17)/p-1/t11-,12-/m1/s1. The first kappa shape index (κ1) is 13.2. The lowest BCUT2D eigenvalue weighted by atomic mass is 9.83. The Balaban J connectivity index is 2.28. The first-order chi connectivity index (χ1) is 8.50. The molecule has 0 N–H and O–H groups in total. The molecule has 1 aromatic carbocycles. The number of hydrogen-bond acceptors (Lipinski definition) is 4. The molecule has 2 atom stereocenters. The molecule has 1 fully saturated rings. The van der Waals surface area contributed by atoms with Crippen molar-refractivity contribution in [3.05, 3.63) is 35.9 Å². The minimum absolute atomic E-state index is 0.222. The van der Waals surface area contributed by atoms with E-state index < -0.39 is 21.3 Å². The number of carbonyl (C=O) groups is 1. The van der Waals surface area contributed by atoms with Gasteiger partial charge in [0.2, 0.25) is 0 Å². The van der Waals surface area contributed by atoms with Gasteiger partial charge in [0.05, 0.1) is 15.4 Å². The molecule has 1 aliphatic rings. The number of hydrogen-bond donors (Lipinski definition) is 0. The second-order valence-electron chi connectivity index (χ2n) is 4.65. The fraction of sp³-hybridized carbons (Fsp3) is 0.462. The van der Waals surface area contributed by atoms with Gasteiger partial charge in [0.25, 0.3) is 0 Å². The van der Waals surface area contributed by atoms with Gasteiger partial charge in [-0.3, -0.25) is 4.79 Å². The maximum absolute atomic E-state index is 12.3. The van der Waals surface area contributed by atoms with Crippen LogP contribution in [0.15, 0.2) is 30.3 Å². The molecule has 0 amide bonds. The minimum atomic E-state index is -4.40. The molecule has 4 nitrogen and oxygen atoms in total. The van der Waals surface area contributed by atoms with Crippen LogP contribution in [0.25, 0.3) is 0 Å². The van der Waals surface area contributed by atoms with Gasteiger partial charge in [-0.1, -0.05) is 43.2 Å². The van der Waals surface area contributed by atoms with E-state index in [2.05, 4.69) is 0 Å². The summed E-state index contributed by atoms with van der Waals surface area (Å²) >= 11 is 0. The maximum atomic E-state index is 12.3. The third-order valence-electron chi connectivity index (χ3n) is 3.47. The number of rotatable bonds is 3. The normalized spacial score (nSPS) is 24.7. The Morgan fingerprint density at radius 3 is 2.33 bits per heavy atom. The van der Waals surface area contributed by atoms with Crippen LogP contribution < -0.4 is 0 Å². The van der Waals surface area contributed by atoms with Gasteiger partial charge in [0.15, 0.2) is 5.78 Å². The van der Waals surface area contributed by atoms with Crippen molar-refractivity contribution in [1.82, 2.24) is 0 Å². The zero-order valence-electron chi connectivity index (χ0n) is 9.91. The van der Waals surface area contributed by atoms with Crippen LogP contribution >= 0.6 is 0 Å². The van der Waals surface area contributed by atoms with Gasteiger partial charge < -0.3 is 4.55 Å². The lowest BCUT2D eigenvalue weighted by molar-refractivity contribution is 0.0889. The molecule has 0 aliphatic heterocycles. The molecule has 0 unspecified atom stereocenters. The average molecular weight is 267 g/mol. The SMILES string of the molecule is O=C(c1ccccc1)[C@@H]1CCCC[C@H]1S(=O)(=O)[O-].